The minimum atomic E-state index is -1.000. The molecule has 0 atom stereocenters. The van der Waals surface area contributed by atoms with E-state index in [1.165, 1.54) is 11.8 Å². The van der Waals surface area contributed by atoms with Gasteiger partial charge in [0, 0.05) is 23.3 Å². The first-order chi connectivity index (χ1) is 11.1. The summed E-state index contributed by atoms with van der Waals surface area (Å²) < 4.78 is 26.1. The van der Waals surface area contributed by atoms with Gasteiger partial charge in [0.25, 0.3) is 0 Å². The van der Waals surface area contributed by atoms with Crippen molar-refractivity contribution in [2.75, 3.05) is 17.6 Å². The van der Waals surface area contributed by atoms with Gasteiger partial charge >= 0.3 is 11.8 Å². The van der Waals surface area contributed by atoms with E-state index in [1.807, 2.05) is 30.3 Å². The first-order valence-electron chi connectivity index (χ1n) is 6.78. The summed E-state index contributed by atoms with van der Waals surface area (Å²) in [5.74, 6) is -2.98. The van der Waals surface area contributed by atoms with E-state index in [-0.39, 0.29) is 12.2 Å². The van der Waals surface area contributed by atoms with E-state index in [9.17, 15) is 18.4 Å². The molecule has 7 heteroatoms. The average molecular weight is 336 g/mol. The van der Waals surface area contributed by atoms with Crippen LogP contribution in [0.1, 0.15) is 0 Å². The Balaban J connectivity index is 1.75. The van der Waals surface area contributed by atoms with Gasteiger partial charge in [0.05, 0.1) is 5.69 Å². The Hall–Kier alpha value is -2.41. The summed E-state index contributed by atoms with van der Waals surface area (Å²) in [6, 6.07) is 12.3. The number of carbonyl (C=O) groups is 2. The average Bonchev–Trinajstić information content (AvgIpc) is 2.55. The quantitative estimate of drug-likeness (QED) is 0.501. The lowest BCUT2D eigenvalue weighted by atomic mass is 10.3. The summed E-state index contributed by atoms with van der Waals surface area (Å²) in [4.78, 5) is 24.3. The van der Waals surface area contributed by atoms with Crippen LogP contribution in [-0.4, -0.2) is 24.1 Å². The van der Waals surface area contributed by atoms with E-state index in [1.54, 1.807) is 0 Å². The molecule has 0 aliphatic heterocycles. The second-order valence-corrected chi connectivity index (χ2v) is 5.66. The number of benzene rings is 2. The summed E-state index contributed by atoms with van der Waals surface area (Å²) in [6.07, 6.45) is 0. The maximum Gasteiger partial charge on any atom is 0.313 e. The Kier molecular flexibility index (Phi) is 6.10. The smallest absolute Gasteiger partial charge is 0.313 e. The molecule has 0 heterocycles. The van der Waals surface area contributed by atoms with Crippen LogP contribution >= 0.6 is 11.8 Å². The predicted molar refractivity (Wildman–Crippen MR) is 85.2 cm³/mol. The number of thioether (sulfide) groups is 1. The standard InChI is InChI=1S/C16H14F2N2O2S/c17-11-6-7-14(13(18)10-11)20-16(22)15(21)19-8-9-23-12-4-2-1-3-5-12/h1-7,10H,8-9H2,(H,19,21)(H,20,22). The molecule has 120 valence electrons. The Morgan fingerprint density at radius 3 is 2.43 bits per heavy atom. The van der Waals surface area contributed by atoms with Crippen molar-refractivity contribution in [3.05, 3.63) is 60.2 Å². The number of nitrogens with one attached hydrogen (secondary N) is 2. The van der Waals surface area contributed by atoms with Crippen LogP contribution in [0.15, 0.2) is 53.4 Å². The SMILES string of the molecule is O=C(NCCSc1ccccc1)C(=O)Nc1ccc(F)cc1F. The molecule has 0 fully saturated rings. The zero-order valence-electron chi connectivity index (χ0n) is 12.0. The second kappa shape index (κ2) is 8.28. The van der Waals surface area contributed by atoms with Crippen molar-refractivity contribution in [1.29, 1.82) is 0 Å². The van der Waals surface area contributed by atoms with Gasteiger partial charge in [-0.3, -0.25) is 9.59 Å². The number of amides is 2. The van der Waals surface area contributed by atoms with E-state index < -0.39 is 23.4 Å². The second-order valence-electron chi connectivity index (χ2n) is 4.50. The normalized spacial score (nSPS) is 10.2. The lowest BCUT2D eigenvalue weighted by Crippen LogP contribution is -2.36. The zero-order valence-corrected chi connectivity index (χ0v) is 12.8. The lowest BCUT2D eigenvalue weighted by Gasteiger charge is -2.07. The molecule has 2 rings (SSSR count). The largest absolute Gasteiger partial charge is 0.347 e. The van der Waals surface area contributed by atoms with E-state index >= 15 is 0 Å². The Morgan fingerprint density at radius 1 is 1.00 bits per heavy atom. The van der Waals surface area contributed by atoms with Gasteiger partial charge in [-0.15, -0.1) is 11.8 Å². The van der Waals surface area contributed by atoms with E-state index in [0.717, 1.165) is 17.0 Å². The number of hydrogen-bond acceptors (Lipinski definition) is 3. The van der Waals surface area contributed by atoms with Crippen molar-refractivity contribution in [2.45, 2.75) is 4.90 Å². The molecule has 0 aliphatic rings. The molecule has 0 spiro atoms. The third-order valence-corrected chi connectivity index (χ3v) is 3.80. The molecule has 0 unspecified atom stereocenters. The highest BCUT2D eigenvalue weighted by molar-refractivity contribution is 7.99. The molecule has 0 aromatic heterocycles. The van der Waals surface area contributed by atoms with Crippen LogP contribution in [0, 0.1) is 11.6 Å². The molecule has 0 aliphatic carbocycles. The Labute approximate surface area is 136 Å². The minimum absolute atomic E-state index is 0.245. The van der Waals surface area contributed by atoms with Crippen molar-refractivity contribution in [1.82, 2.24) is 5.32 Å². The fourth-order valence-corrected chi connectivity index (χ4v) is 2.49. The van der Waals surface area contributed by atoms with Crippen LogP contribution in [-0.2, 0) is 9.59 Å². The van der Waals surface area contributed by atoms with Crippen molar-refractivity contribution in [3.63, 3.8) is 0 Å². The molecule has 0 saturated heterocycles. The molecule has 2 N–H and O–H groups in total. The van der Waals surface area contributed by atoms with E-state index in [2.05, 4.69) is 10.6 Å². The molecule has 2 aromatic carbocycles. The molecule has 4 nitrogen and oxygen atoms in total. The molecular weight excluding hydrogens is 322 g/mol. The molecule has 0 saturated carbocycles. The molecular formula is C16H14F2N2O2S. The number of rotatable bonds is 5. The van der Waals surface area contributed by atoms with Gasteiger partial charge in [0.2, 0.25) is 0 Å². The van der Waals surface area contributed by atoms with Gasteiger partial charge < -0.3 is 10.6 Å². The zero-order chi connectivity index (χ0) is 16.7. The number of anilines is 1. The summed E-state index contributed by atoms with van der Waals surface area (Å²) in [5.41, 5.74) is -0.245. The van der Waals surface area contributed by atoms with Crippen LogP contribution < -0.4 is 10.6 Å². The maximum absolute atomic E-state index is 13.4. The summed E-state index contributed by atoms with van der Waals surface area (Å²) in [5, 5.41) is 4.53. The van der Waals surface area contributed by atoms with Gasteiger partial charge in [0.15, 0.2) is 0 Å². The highest BCUT2D eigenvalue weighted by Gasteiger charge is 2.15. The molecule has 0 bridgehead atoms. The summed E-state index contributed by atoms with van der Waals surface area (Å²) in [7, 11) is 0. The molecule has 2 aromatic rings. The van der Waals surface area contributed by atoms with Crippen molar-refractivity contribution in [2.24, 2.45) is 0 Å². The van der Waals surface area contributed by atoms with Crippen LogP contribution in [0.25, 0.3) is 0 Å². The van der Waals surface area contributed by atoms with E-state index in [0.29, 0.717) is 11.8 Å². The van der Waals surface area contributed by atoms with Crippen molar-refractivity contribution < 1.29 is 18.4 Å². The number of hydrogen-bond donors (Lipinski definition) is 2. The number of halogens is 2. The van der Waals surface area contributed by atoms with Crippen LogP contribution in [0.2, 0.25) is 0 Å². The van der Waals surface area contributed by atoms with Gasteiger partial charge in [-0.25, -0.2) is 8.78 Å². The molecule has 23 heavy (non-hydrogen) atoms. The summed E-state index contributed by atoms with van der Waals surface area (Å²) >= 11 is 1.53. The topological polar surface area (TPSA) is 58.2 Å². The first-order valence-corrected chi connectivity index (χ1v) is 7.77. The Morgan fingerprint density at radius 2 is 1.74 bits per heavy atom. The van der Waals surface area contributed by atoms with Gasteiger partial charge in [-0.05, 0) is 24.3 Å². The number of carbonyl (C=O) groups excluding carboxylic acids is 2. The predicted octanol–water partition coefficient (Wildman–Crippen LogP) is 2.81. The molecule has 0 radical (unpaired) electrons. The third kappa shape index (κ3) is 5.37. The molecule has 2 amide bonds. The van der Waals surface area contributed by atoms with Crippen molar-refractivity contribution >= 4 is 29.3 Å². The lowest BCUT2D eigenvalue weighted by molar-refractivity contribution is -0.136. The highest BCUT2D eigenvalue weighted by Crippen LogP contribution is 2.16. The summed E-state index contributed by atoms with van der Waals surface area (Å²) in [6.45, 7) is 0.289. The van der Waals surface area contributed by atoms with Gasteiger partial charge in [-0.1, -0.05) is 18.2 Å². The van der Waals surface area contributed by atoms with E-state index in [4.69, 9.17) is 0 Å². The monoisotopic (exact) mass is 336 g/mol. The van der Waals surface area contributed by atoms with Crippen LogP contribution in [0.3, 0.4) is 0 Å². The third-order valence-electron chi connectivity index (χ3n) is 2.79. The van der Waals surface area contributed by atoms with Gasteiger partial charge in [-0.2, -0.15) is 0 Å². The van der Waals surface area contributed by atoms with Gasteiger partial charge in [0.1, 0.15) is 11.6 Å². The fourth-order valence-electron chi connectivity index (χ4n) is 1.70. The van der Waals surface area contributed by atoms with Crippen LogP contribution in [0.5, 0.6) is 0 Å². The van der Waals surface area contributed by atoms with Crippen LogP contribution in [0.4, 0.5) is 14.5 Å². The maximum atomic E-state index is 13.4. The fraction of sp³-hybridized carbons (Fsp3) is 0.125. The Bertz CT molecular complexity index is 696. The highest BCUT2D eigenvalue weighted by atomic mass is 32.2. The minimum Gasteiger partial charge on any atom is -0.347 e. The first kappa shape index (κ1) is 17.0. The van der Waals surface area contributed by atoms with Crippen molar-refractivity contribution in [3.8, 4) is 0 Å².